The fraction of sp³-hybridized carbons (Fsp3) is 0.875. The topological polar surface area (TPSA) is 63.3 Å². The van der Waals surface area contributed by atoms with Crippen LogP contribution in [-0.2, 0) is 4.79 Å². The van der Waals surface area contributed by atoms with Crippen LogP contribution in [0.1, 0.15) is 19.8 Å². The minimum absolute atomic E-state index is 0.242. The van der Waals surface area contributed by atoms with Gasteiger partial charge in [-0.25, -0.2) is 0 Å². The summed E-state index contributed by atoms with van der Waals surface area (Å²) in [7, 11) is 0. The summed E-state index contributed by atoms with van der Waals surface area (Å²) in [5, 5.41) is 8.74. The van der Waals surface area contributed by atoms with Crippen molar-refractivity contribution in [3.8, 4) is 0 Å². The fourth-order valence-corrected chi connectivity index (χ4v) is 1.70. The van der Waals surface area contributed by atoms with E-state index < -0.39 is 5.97 Å². The molecule has 0 saturated carbocycles. The second kappa shape index (κ2) is 7.43. The first-order chi connectivity index (χ1) is 5.72. The highest BCUT2D eigenvalue weighted by Crippen LogP contribution is 2.12. The van der Waals surface area contributed by atoms with Gasteiger partial charge in [0.1, 0.15) is 0 Å². The molecule has 0 heterocycles. The van der Waals surface area contributed by atoms with E-state index in [-0.39, 0.29) is 5.92 Å². The molecule has 0 saturated heterocycles. The molecule has 0 aromatic carbocycles. The van der Waals surface area contributed by atoms with Crippen LogP contribution in [0, 0.1) is 5.92 Å². The van der Waals surface area contributed by atoms with Crippen LogP contribution in [0.3, 0.4) is 0 Å². The Bertz CT molecular complexity index is 130. The molecule has 1 atom stereocenters. The number of nitrogens with two attached hydrogens (primary N) is 1. The average Bonchev–Trinajstić information content (AvgIpc) is 2.03. The third-order valence-corrected chi connectivity index (χ3v) is 2.61. The van der Waals surface area contributed by atoms with E-state index in [2.05, 4.69) is 6.92 Å². The molecule has 0 aromatic heterocycles. The average molecular weight is 191 g/mol. The number of hydrogen-bond acceptors (Lipinski definition) is 3. The van der Waals surface area contributed by atoms with Gasteiger partial charge in [-0.1, -0.05) is 6.92 Å². The van der Waals surface area contributed by atoms with Crippen molar-refractivity contribution in [1.29, 1.82) is 0 Å². The lowest BCUT2D eigenvalue weighted by Crippen LogP contribution is -2.18. The summed E-state index contributed by atoms with van der Waals surface area (Å²) in [5.41, 5.74) is 5.30. The monoisotopic (exact) mass is 191 g/mol. The van der Waals surface area contributed by atoms with Crippen LogP contribution in [0.5, 0.6) is 0 Å². The molecule has 0 aliphatic heterocycles. The van der Waals surface area contributed by atoms with Crippen LogP contribution >= 0.6 is 11.8 Å². The highest BCUT2D eigenvalue weighted by atomic mass is 32.2. The van der Waals surface area contributed by atoms with E-state index in [1.807, 2.05) is 0 Å². The first-order valence-electron chi connectivity index (χ1n) is 4.23. The lowest BCUT2D eigenvalue weighted by atomic mass is 10.0. The van der Waals surface area contributed by atoms with E-state index in [1.54, 1.807) is 11.8 Å². The van der Waals surface area contributed by atoms with Crippen LogP contribution in [-0.4, -0.2) is 29.1 Å². The lowest BCUT2D eigenvalue weighted by Gasteiger charge is -2.09. The van der Waals surface area contributed by atoms with Crippen molar-refractivity contribution in [2.24, 2.45) is 11.7 Å². The van der Waals surface area contributed by atoms with E-state index in [4.69, 9.17) is 10.8 Å². The molecule has 0 fully saturated rings. The lowest BCUT2D eigenvalue weighted by molar-refractivity contribution is -0.141. The molecule has 0 spiro atoms. The first-order valence-corrected chi connectivity index (χ1v) is 5.38. The summed E-state index contributed by atoms with van der Waals surface area (Å²) in [5.74, 6) is 1.02. The Morgan fingerprint density at radius 1 is 1.58 bits per heavy atom. The van der Waals surface area contributed by atoms with E-state index in [0.29, 0.717) is 13.0 Å². The third kappa shape index (κ3) is 5.43. The molecule has 0 bridgehead atoms. The molecule has 0 aliphatic rings. The highest BCUT2D eigenvalue weighted by molar-refractivity contribution is 7.99. The quantitative estimate of drug-likeness (QED) is 0.593. The number of thioether (sulfide) groups is 1. The third-order valence-electron chi connectivity index (χ3n) is 1.68. The SMILES string of the molecule is CCSCCC(CCN)C(=O)O. The standard InChI is InChI=1S/C8H17NO2S/c1-2-12-6-4-7(3-5-9)8(10)11/h7H,2-6,9H2,1H3,(H,10,11). The maximum atomic E-state index is 10.6. The molecule has 0 radical (unpaired) electrons. The predicted molar refractivity (Wildman–Crippen MR) is 52.4 cm³/mol. The second-order valence-corrected chi connectivity index (χ2v) is 3.99. The van der Waals surface area contributed by atoms with Gasteiger partial charge >= 0.3 is 5.97 Å². The highest BCUT2D eigenvalue weighted by Gasteiger charge is 2.15. The van der Waals surface area contributed by atoms with Crippen molar-refractivity contribution in [2.75, 3.05) is 18.1 Å². The Kier molecular flexibility index (Phi) is 7.29. The van der Waals surface area contributed by atoms with Gasteiger partial charge in [-0.15, -0.1) is 0 Å². The summed E-state index contributed by atoms with van der Waals surface area (Å²) in [6.45, 7) is 2.54. The molecule has 4 heteroatoms. The molecular formula is C8H17NO2S. The fourth-order valence-electron chi connectivity index (χ4n) is 0.962. The minimum atomic E-state index is -0.711. The van der Waals surface area contributed by atoms with Crippen molar-refractivity contribution >= 4 is 17.7 Å². The number of carbonyl (C=O) groups is 1. The van der Waals surface area contributed by atoms with Gasteiger partial charge in [-0.05, 0) is 30.9 Å². The number of aliphatic carboxylic acids is 1. The van der Waals surface area contributed by atoms with E-state index >= 15 is 0 Å². The summed E-state index contributed by atoms with van der Waals surface area (Å²) >= 11 is 1.78. The van der Waals surface area contributed by atoms with Crippen molar-refractivity contribution in [1.82, 2.24) is 0 Å². The minimum Gasteiger partial charge on any atom is -0.481 e. The zero-order valence-electron chi connectivity index (χ0n) is 7.45. The summed E-state index contributed by atoms with van der Waals surface area (Å²) in [6.07, 6.45) is 1.34. The Morgan fingerprint density at radius 2 is 2.25 bits per heavy atom. The van der Waals surface area contributed by atoms with Gasteiger partial charge in [-0.3, -0.25) is 4.79 Å². The number of carboxylic acids is 1. The van der Waals surface area contributed by atoms with Crippen LogP contribution in [0.25, 0.3) is 0 Å². The molecular weight excluding hydrogens is 174 g/mol. The Morgan fingerprint density at radius 3 is 2.67 bits per heavy atom. The summed E-state index contributed by atoms with van der Waals surface area (Å²) < 4.78 is 0. The molecule has 12 heavy (non-hydrogen) atoms. The van der Waals surface area contributed by atoms with E-state index in [9.17, 15) is 4.79 Å². The van der Waals surface area contributed by atoms with Crippen molar-refractivity contribution in [3.05, 3.63) is 0 Å². The van der Waals surface area contributed by atoms with Crippen molar-refractivity contribution < 1.29 is 9.90 Å². The number of rotatable bonds is 7. The van der Waals surface area contributed by atoms with Crippen LogP contribution in [0.15, 0.2) is 0 Å². The van der Waals surface area contributed by atoms with Crippen molar-refractivity contribution in [3.63, 3.8) is 0 Å². The molecule has 3 nitrogen and oxygen atoms in total. The Hall–Kier alpha value is -0.220. The smallest absolute Gasteiger partial charge is 0.306 e. The zero-order valence-corrected chi connectivity index (χ0v) is 8.27. The van der Waals surface area contributed by atoms with Gasteiger partial charge in [0.25, 0.3) is 0 Å². The van der Waals surface area contributed by atoms with Gasteiger partial charge < -0.3 is 10.8 Å². The molecule has 0 aliphatic carbocycles. The Balaban J connectivity index is 3.56. The second-order valence-electron chi connectivity index (χ2n) is 2.60. The van der Waals surface area contributed by atoms with E-state index in [0.717, 1.165) is 17.9 Å². The molecule has 0 aromatic rings. The predicted octanol–water partition coefficient (Wildman–Crippen LogP) is 1.18. The van der Waals surface area contributed by atoms with E-state index in [1.165, 1.54) is 0 Å². The molecule has 0 rings (SSSR count). The Labute approximate surface area is 77.7 Å². The summed E-state index contributed by atoms with van der Waals surface area (Å²) in [6, 6.07) is 0. The molecule has 1 unspecified atom stereocenters. The maximum Gasteiger partial charge on any atom is 0.306 e. The van der Waals surface area contributed by atoms with Gasteiger partial charge in [0.2, 0.25) is 0 Å². The van der Waals surface area contributed by atoms with Crippen LogP contribution < -0.4 is 5.73 Å². The molecule has 3 N–H and O–H groups in total. The van der Waals surface area contributed by atoms with Gasteiger partial charge in [0.15, 0.2) is 0 Å². The van der Waals surface area contributed by atoms with Crippen LogP contribution in [0.4, 0.5) is 0 Å². The number of carboxylic acid groups (broad SMARTS) is 1. The number of hydrogen-bond donors (Lipinski definition) is 2. The van der Waals surface area contributed by atoms with Gasteiger partial charge in [0.05, 0.1) is 5.92 Å². The zero-order chi connectivity index (χ0) is 9.40. The van der Waals surface area contributed by atoms with Gasteiger partial charge in [-0.2, -0.15) is 11.8 Å². The van der Waals surface area contributed by atoms with Crippen LogP contribution in [0.2, 0.25) is 0 Å². The first kappa shape index (κ1) is 11.8. The normalized spacial score (nSPS) is 12.8. The largest absolute Gasteiger partial charge is 0.481 e. The van der Waals surface area contributed by atoms with Crippen molar-refractivity contribution in [2.45, 2.75) is 19.8 Å². The summed E-state index contributed by atoms with van der Waals surface area (Å²) in [4.78, 5) is 10.6. The maximum absolute atomic E-state index is 10.6. The van der Waals surface area contributed by atoms with Gasteiger partial charge in [0, 0.05) is 0 Å². The molecule has 72 valence electrons. The molecule has 0 amide bonds.